The average Bonchev–Trinajstić information content (AvgIpc) is 3.19. The molecule has 2 aliphatic rings. The van der Waals surface area contributed by atoms with Crippen LogP contribution >= 0.6 is 0 Å². The van der Waals surface area contributed by atoms with Crippen LogP contribution in [0.25, 0.3) is 11.3 Å². The number of anilines is 1. The SMILES string of the molecule is CCN1CCN(C2CCN(c3ccc(-c4ccc(F)cc4)nn3)C2)CC1. The van der Waals surface area contributed by atoms with Crippen LogP contribution in [0.4, 0.5) is 10.2 Å². The summed E-state index contributed by atoms with van der Waals surface area (Å²) in [6, 6.07) is 11.0. The molecule has 4 rings (SSSR count). The van der Waals surface area contributed by atoms with E-state index >= 15 is 0 Å². The maximum Gasteiger partial charge on any atom is 0.151 e. The number of rotatable bonds is 4. The molecule has 2 fully saturated rings. The van der Waals surface area contributed by atoms with Crippen LogP contribution in [-0.2, 0) is 0 Å². The zero-order valence-electron chi connectivity index (χ0n) is 15.3. The highest BCUT2D eigenvalue weighted by Gasteiger charge is 2.30. The van der Waals surface area contributed by atoms with Crippen molar-refractivity contribution in [1.82, 2.24) is 20.0 Å². The first-order valence-corrected chi connectivity index (χ1v) is 9.54. The number of hydrogen-bond donors (Lipinski definition) is 0. The minimum Gasteiger partial charge on any atom is -0.354 e. The van der Waals surface area contributed by atoms with Gasteiger partial charge >= 0.3 is 0 Å². The summed E-state index contributed by atoms with van der Waals surface area (Å²) in [6.45, 7) is 10.1. The highest BCUT2D eigenvalue weighted by atomic mass is 19.1. The van der Waals surface area contributed by atoms with Crippen molar-refractivity contribution in [3.63, 3.8) is 0 Å². The van der Waals surface area contributed by atoms with E-state index in [1.165, 1.54) is 44.7 Å². The maximum atomic E-state index is 13.1. The van der Waals surface area contributed by atoms with E-state index in [1.54, 1.807) is 12.1 Å². The first-order chi connectivity index (χ1) is 12.7. The quantitative estimate of drug-likeness (QED) is 0.842. The lowest BCUT2D eigenvalue weighted by molar-refractivity contribution is 0.107. The Kier molecular flexibility index (Phi) is 5.13. The molecule has 5 nitrogen and oxygen atoms in total. The third-order valence-electron chi connectivity index (χ3n) is 5.65. The number of nitrogens with zero attached hydrogens (tertiary/aromatic N) is 5. The Labute approximate surface area is 154 Å². The molecule has 2 saturated heterocycles. The Bertz CT molecular complexity index is 710. The lowest BCUT2D eigenvalue weighted by Crippen LogP contribution is -2.50. The second kappa shape index (κ2) is 7.68. The summed E-state index contributed by atoms with van der Waals surface area (Å²) in [5, 5.41) is 8.77. The third kappa shape index (κ3) is 3.71. The van der Waals surface area contributed by atoms with Crippen LogP contribution in [0.15, 0.2) is 36.4 Å². The molecule has 1 unspecified atom stereocenters. The van der Waals surface area contributed by atoms with Gasteiger partial charge in [0, 0.05) is 50.9 Å². The Morgan fingerprint density at radius 3 is 2.38 bits per heavy atom. The molecular formula is C20H26FN5. The normalized spacial score (nSPS) is 22.1. The number of hydrogen-bond acceptors (Lipinski definition) is 5. The van der Waals surface area contributed by atoms with Crippen molar-refractivity contribution in [2.75, 3.05) is 50.7 Å². The Balaban J connectivity index is 1.37. The fourth-order valence-electron chi connectivity index (χ4n) is 3.96. The third-order valence-corrected chi connectivity index (χ3v) is 5.65. The number of aromatic nitrogens is 2. The van der Waals surface area contributed by atoms with Gasteiger partial charge in [-0.2, -0.15) is 0 Å². The summed E-state index contributed by atoms with van der Waals surface area (Å²) in [7, 11) is 0. The molecule has 1 aromatic carbocycles. The van der Waals surface area contributed by atoms with Crippen LogP contribution in [0.1, 0.15) is 13.3 Å². The van der Waals surface area contributed by atoms with E-state index in [0.717, 1.165) is 36.7 Å². The smallest absolute Gasteiger partial charge is 0.151 e. The van der Waals surface area contributed by atoms with Gasteiger partial charge in [0.25, 0.3) is 0 Å². The fourth-order valence-corrected chi connectivity index (χ4v) is 3.96. The summed E-state index contributed by atoms with van der Waals surface area (Å²) < 4.78 is 13.1. The maximum absolute atomic E-state index is 13.1. The first-order valence-electron chi connectivity index (χ1n) is 9.54. The first kappa shape index (κ1) is 17.4. The Morgan fingerprint density at radius 1 is 0.962 bits per heavy atom. The molecule has 0 aliphatic carbocycles. The van der Waals surface area contributed by atoms with Gasteiger partial charge < -0.3 is 9.80 Å². The fraction of sp³-hybridized carbons (Fsp3) is 0.500. The van der Waals surface area contributed by atoms with E-state index in [0.29, 0.717) is 6.04 Å². The van der Waals surface area contributed by atoms with E-state index in [1.807, 2.05) is 12.1 Å². The predicted molar refractivity (Wildman–Crippen MR) is 102 cm³/mol. The molecule has 3 heterocycles. The molecule has 6 heteroatoms. The second-order valence-corrected chi connectivity index (χ2v) is 7.14. The van der Waals surface area contributed by atoms with Gasteiger partial charge in [0.1, 0.15) is 5.82 Å². The Hall–Kier alpha value is -2.05. The van der Waals surface area contributed by atoms with Crippen molar-refractivity contribution in [3.8, 4) is 11.3 Å². The summed E-state index contributed by atoms with van der Waals surface area (Å²) >= 11 is 0. The number of halogens is 1. The van der Waals surface area contributed by atoms with Gasteiger partial charge in [-0.05, 0) is 49.4 Å². The predicted octanol–water partition coefficient (Wildman–Crippen LogP) is 2.50. The highest BCUT2D eigenvalue weighted by molar-refractivity contribution is 5.59. The summed E-state index contributed by atoms with van der Waals surface area (Å²) in [5.41, 5.74) is 1.67. The van der Waals surface area contributed by atoms with Gasteiger partial charge in [-0.25, -0.2) is 4.39 Å². The summed E-state index contributed by atoms with van der Waals surface area (Å²) in [5.74, 6) is 0.701. The van der Waals surface area contributed by atoms with Crippen LogP contribution < -0.4 is 4.90 Å². The number of benzene rings is 1. The molecule has 138 valence electrons. The molecular weight excluding hydrogens is 329 g/mol. The number of likely N-dealkylation sites (N-methyl/N-ethyl adjacent to an activating group) is 1. The van der Waals surface area contributed by atoms with Crippen LogP contribution in [0, 0.1) is 5.82 Å². The lowest BCUT2D eigenvalue weighted by Gasteiger charge is -2.37. The van der Waals surface area contributed by atoms with Gasteiger partial charge in [0.15, 0.2) is 5.82 Å². The molecule has 2 aromatic rings. The van der Waals surface area contributed by atoms with Gasteiger partial charge in [-0.1, -0.05) is 6.92 Å². The van der Waals surface area contributed by atoms with E-state index in [-0.39, 0.29) is 5.82 Å². The molecule has 0 N–H and O–H groups in total. The van der Waals surface area contributed by atoms with E-state index in [9.17, 15) is 4.39 Å². The molecule has 0 saturated carbocycles. The van der Waals surface area contributed by atoms with E-state index in [4.69, 9.17) is 0 Å². The van der Waals surface area contributed by atoms with E-state index in [2.05, 4.69) is 31.8 Å². The monoisotopic (exact) mass is 355 g/mol. The van der Waals surface area contributed by atoms with Gasteiger partial charge in [0.2, 0.25) is 0 Å². The molecule has 0 spiro atoms. The topological polar surface area (TPSA) is 35.5 Å². The van der Waals surface area contributed by atoms with Gasteiger partial charge in [-0.3, -0.25) is 4.90 Å². The molecule has 0 bridgehead atoms. The van der Waals surface area contributed by atoms with Gasteiger partial charge in [0.05, 0.1) is 5.69 Å². The number of piperazine rings is 1. The van der Waals surface area contributed by atoms with Crippen LogP contribution in [0.3, 0.4) is 0 Å². The van der Waals surface area contributed by atoms with Crippen molar-refractivity contribution >= 4 is 5.82 Å². The minimum atomic E-state index is -0.235. The molecule has 1 atom stereocenters. The Morgan fingerprint density at radius 2 is 1.73 bits per heavy atom. The standard InChI is InChI=1S/C20H26FN5/c1-2-24-11-13-25(14-12-24)18-9-10-26(15-18)20-8-7-19(22-23-20)16-3-5-17(21)6-4-16/h3-8,18H,2,9-15H2,1H3. The summed E-state index contributed by atoms with van der Waals surface area (Å²) in [6.07, 6.45) is 1.19. The average molecular weight is 355 g/mol. The van der Waals surface area contributed by atoms with Crippen LogP contribution in [0.2, 0.25) is 0 Å². The highest BCUT2D eigenvalue weighted by Crippen LogP contribution is 2.24. The second-order valence-electron chi connectivity index (χ2n) is 7.14. The molecule has 26 heavy (non-hydrogen) atoms. The minimum absolute atomic E-state index is 0.235. The van der Waals surface area contributed by atoms with Crippen molar-refractivity contribution in [2.45, 2.75) is 19.4 Å². The molecule has 1 aromatic heterocycles. The zero-order valence-corrected chi connectivity index (χ0v) is 15.3. The zero-order chi connectivity index (χ0) is 17.9. The van der Waals surface area contributed by atoms with Crippen LogP contribution in [-0.4, -0.2) is 71.9 Å². The van der Waals surface area contributed by atoms with Gasteiger partial charge in [-0.15, -0.1) is 10.2 Å². The van der Waals surface area contributed by atoms with Crippen LogP contribution in [0.5, 0.6) is 0 Å². The van der Waals surface area contributed by atoms with Crippen molar-refractivity contribution in [1.29, 1.82) is 0 Å². The lowest BCUT2D eigenvalue weighted by atomic mass is 10.1. The summed E-state index contributed by atoms with van der Waals surface area (Å²) in [4.78, 5) is 7.48. The van der Waals surface area contributed by atoms with E-state index < -0.39 is 0 Å². The molecule has 0 radical (unpaired) electrons. The van der Waals surface area contributed by atoms with Crippen molar-refractivity contribution < 1.29 is 4.39 Å². The molecule has 2 aliphatic heterocycles. The van der Waals surface area contributed by atoms with Crippen molar-refractivity contribution in [3.05, 3.63) is 42.2 Å². The molecule has 0 amide bonds. The largest absolute Gasteiger partial charge is 0.354 e. The van der Waals surface area contributed by atoms with Crippen molar-refractivity contribution in [2.24, 2.45) is 0 Å².